The lowest BCUT2D eigenvalue weighted by Gasteiger charge is -2.15. The number of carbonyl (C=O) groups excluding carboxylic acids is 2. The molecular formula is C22H22FNO3S. The van der Waals surface area contributed by atoms with Gasteiger partial charge in [0.05, 0.1) is 23.6 Å². The van der Waals surface area contributed by atoms with Crippen LogP contribution in [0.2, 0.25) is 0 Å². The van der Waals surface area contributed by atoms with Crippen LogP contribution in [0.1, 0.15) is 31.4 Å². The van der Waals surface area contributed by atoms with Crippen molar-refractivity contribution in [3.63, 3.8) is 0 Å². The van der Waals surface area contributed by atoms with Gasteiger partial charge in [-0.05, 0) is 47.6 Å². The van der Waals surface area contributed by atoms with Gasteiger partial charge in [0.25, 0.3) is 11.8 Å². The van der Waals surface area contributed by atoms with Crippen LogP contribution in [-0.2, 0) is 16.1 Å². The lowest BCUT2D eigenvalue weighted by atomic mass is 10.1. The van der Waals surface area contributed by atoms with E-state index in [0.717, 1.165) is 12.2 Å². The summed E-state index contributed by atoms with van der Waals surface area (Å²) in [6.45, 7) is 4.72. The first-order valence-corrected chi connectivity index (χ1v) is 10.2. The van der Waals surface area contributed by atoms with Crippen LogP contribution < -0.4 is 4.74 Å². The number of benzene rings is 2. The molecule has 3 rings (SSSR count). The second kappa shape index (κ2) is 9.06. The zero-order chi connectivity index (χ0) is 20.1. The van der Waals surface area contributed by atoms with Gasteiger partial charge in [0.1, 0.15) is 11.6 Å². The Morgan fingerprint density at radius 1 is 0.964 bits per heavy atom. The smallest absolute Gasteiger partial charge is 0.268 e. The van der Waals surface area contributed by atoms with Crippen LogP contribution in [0.4, 0.5) is 4.39 Å². The van der Waals surface area contributed by atoms with Gasteiger partial charge in [0.15, 0.2) is 0 Å². The normalized spacial score (nSPS) is 14.2. The van der Waals surface area contributed by atoms with Crippen molar-refractivity contribution >= 4 is 29.1 Å². The van der Waals surface area contributed by atoms with E-state index in [1.54, 1.807) is 12.1 Å². The predicted molar refractivity (Wildman–Crippen MR) is 109 cm³/mol. The number of imide groups is 1. The molecule has 2 aromatic rings. The number of ether oxygens (including phenoxy) is 1. The van der Waals surface area contributed by atoms with Gasteiger partial charge in [-0.15, -0.1) is 11.8 Å². The standard InChI is InChI=1S/C22H22FNO3S/c1-3-13-27-18-11-7-16(8-12-18)19-20(28-4-2)22(26)24(21(19)25)14-15-5-9-17(23)10-6-15/h5-12H,3-4,13-14H2,1-2H3. The van der Waals surface area contributed by atoms with E-state index in [4.69, 9.17) is 4.74 Å². The van der Waals surface area contributed by atoms with Crippen molar-refractivity contribution in [3.05, 3.63) is 70.4 Å². The minimum absolute atomic E-state index is 0.118. The average molecular weight is 399 g/mol. The summed E-state index contributed by atoms with van der Waals surface area (Å²) in [4.78, 5) is 27.6. The van der Waals surface area contributed by atoms with E-state index < -0.39 is 0 Å². The Morgan fingerprint density at radius 3 is 2.25 bits per heavy atom. The fourth-order valence-electron chi connectivity index (χ4n) is 2.94. The molecule has 146 valence electrons. The van der Waals surface area contributed by atoms with Gasteiger partial charge in [0, 0.05) is 0 Å². The van der Waals surface area contributed by atoms with Crippen LogP contribution in [0.5, 0.6) is 5.75 Å². The summed E-state index contributed by atoms with van der Waals surface area (Å²) in [5.74, 6) is 0.431. The summed E-state index contributed by atoms with van der Waals surface area (Å²) in [5.41, 5.74) is 1.81. The number of halogens is 1. The molecule has 0 spiro atoms. The molecule has 2 amide bonds. The number of hydrogen-bond acceptors (Lipinski definition) is 4. The highest BCUT2D eigenvalue weighted by Crippen LogP contribution is 2.37. The second-order valence-corrected chi connectivity index (χ2v) is 7.61. The molecule has 6 heteroatoms. The molecule has 0 aromatic heterocycles. The molecule has 1 heterocycles. The summed E-state index contributed by atoms with van der Waals surface area (Å²) in [5, 5.41) is 0. The quantitative estimate of drug-likeness (QED) is 0.607. The van der Waals surface area contributed by atoms with E-state index in [-0.39, 0.29) is 24.2 Å². The van der Waals surface area contributed by atoms with Crippen molar-refractivity contribution in [3.8, 4) is 5.75 Å². The minimum Gasteiger partial charge on any atom is -0.494 e. The number of amides is 2. The molecule has 0 bridgehead atoms. The van der Waals surface area contributed by atoms with Gasteiger partial charge < -0.3 is 4.74 Å². The zero-order valence-corrected chi connectivity index (χ0v) is 16.7. The van der Waals surface area contributed by atoms with E-state index in [2.05, 4.69) is 0 Å². The maximum Gasteiger partial charge on any atom is 0.268 e. The Morgan fingerprint density at radius 2 is 1.64 bits per heavy atom. The maximum atomic E-state index is 13.1. The molecule has 1 aliphatic rings. The summed E-state index contributed by atoms with van der Waals surface area (Å²) in [6, 6.07) is 13.1. The minimum atomic E-state index is -0.353. The third kappa shape index (κ3) is 4.28. The summed E-state index contributed by atoms with van der Waals surface area (Å²) in [7, 11) is 0. The molecule has 28 heavy (non-hydrogen) atoms. The van der Waals surface area contributed by atoms with E-state index in [1.807, 2.05) is 38.1 Å². The third-order valence-corrected chi connectivity index (χ3v) is 5.24. The molecule has 0 N–H and O–H groups in total. The van der Waals surface area contributed by atoms with Gasteiger partial charge >= 0.3 is 0 Å². The van der Waals surface area contributed by atoms with E-state index in [0.29, 0.717) is 34.0 Å². The Hall–Kier alpha value is -2.60. The summed E-state index contributed by atoms with van der Waals surface area (Å²) < 4.78 is 18.7. The molecular weight excluding hydrogens is 377 g/mol. The molecule has 0 radical (unpaired) electrons. The van der Waals surface area contributed by atoms with Crippen molar-refractivity contribution in [2.75, 3.05) is 12.4 Å². The molecule has 0 aliphatic carbocycles. The lowest BCUT2D eigenvalue weighted by molar-refractivity contribution is -0.137. The Labute approximate surface area is 168 Å². The zero-order valence-electron chi connectivity index (χ0n) is 15.9. The Balaban J connectivity index is 1.88. The van der Waals surface area contributed by atoms with Crippen molar-refractivity contribution in [2.24, 2.45) is 0 Å². The van der Waals surface area contributed by atoms with E-state index in [1.165, 1.54) is 28.8 Å². The number of thioether (sulfide) groups is 1. The molecule has 0 unspecified atom stereocenters. The third-order valence-electron chi connectivity index (χ3n) is 4.28. The largest absolute Gasteiger partial charge is 0.494 e. The van der Waals surface area contributed by atoms with E-state index >= 15 is 0 Å². The van der Waals surface area contributed by atoms with Crippen LogP contribution in [0.25, 0.3) is 5.57 Å². The topological polar surface area (TPSA) is 46.6 Å². The van der Waals surface area contributed by atoms with Gasteiger partial charge in [-0.2, -0.15) is 0 Å². The highest BCUT2D eigenvalue weighted by molar-refractivity contribution is 8.04. The monoisotopic (exact) mass is 399 g/mol. The first-order valence-electron chi connectivity index (χ1n) is 9.26. The lowest BCUT2D eigenvalue weighted by Crippen LogP contribution is -2.30. The fraction of sp³-hybridized carbons (Fsp3) is 0.273. The first kappa shape index (κ1) is 20.1. The average Bonchev–Trinajstić information content (AvgIpc) is 2.93. The Bertz CT molecular complexity index is 891. The highest BCUT2D eigenvalue weighted by Gasteiger charge is 2.38. The maximum absolute atomic E-state index is 13.1. The van der Waals surface area contributed by atoms with Crippen LogP contribution >= 0.6 is 11.8 Å². The van der Waals surface area contributed by atoms with Crippen LogP contribution in [0, 0.1) is 5.82 Å². The van der Waals surface area contributed by atoms with Crippen molar-refractivity contribution in [1.82, 2.24) is 4.90 Å². The van der Waals surface area contributed by atoms with Crippen LogP contribution in [0.3, 0.4) is 0 Å². The van der Waals surface area contributed by atoms with Gasteiger partial charge in [-0.25, -0.2) is 4.39 Å². The molecule has 0 fully saturated rings. The first-order chi connectivity index (χ1) is 13.5. The molecule has 0 saturated carbocycles. The fourth-order valence-corrected chi connectivity index (χ4v) is 3.81. The molecule has 4 nitrogen and oxygen atoms in total. The Kier molecular flexibility index (Phi) is 6.52. The van der Waals surface area contributed by atoms with Crippen LogP contribution in [-0.4, -0.2) is 29.1 Å². The SMILES string of the molecule is CCCOc1ccc(C2=C(SCC)C(=O)N(Cc3ccc(F)cc3)C2=O)cc1. The van der Waals surface area contributed by atoms with Crippen molar-refractivity contribution < 1.29 is 18.7 Å². The molecule has 0 atom stereocenters. The van der Waals surface area contributed by atoms with Gasteiger partial charge in [0.2, 0.25) is 0 Å². The molecule has 0 saturated heterocycles. The van der Waals surface area contributed by atoms with Crippen molar-refractivity contribution in [1.29, 1.82) is 0 Å². The highest BCUT2D eigenvalue weighted by atomic mass is 32.2. The van der Waals surface area contributed by atoms with Gasteiger partial charge in [-0.1, -0.05) is 38.1 Å². The van der Waals surface area contributed by atoms with E-state index in [9.17, 15) is 14.0 Å². The molecule has 2 aromatic carbocycles. The summed E-state index contributed by atoms with van der Waals surface area (Å²) >= 11 is 1.36. The number of carbonyl (C=O) groups is 2. The van der Waals surface area contributed by atoms with Crippen molar-refractivity contribution in [2.45, 2.75) is 26.8 Å². The number of rotatable bonds is 8. The number of hydrogen-bond donors (Lipinski definition) is 0. The number of nitrogens with zero attached hydrogens (tertiary/aromatic N) is 1. The predicted octanol–water partition coefficient (Wildman–Crippen LogP) is 4.65. The second-order valence-electron chi connectivity index (χ2n) is 6.33. The molecule has 1 aliphatic heterocycles. The summed E-state index contributed by atoms with van der Waals surface area (Å²) in [6.07, 6.45) is 0.912. The van der Waals surface area contributed by atoms with Gasteiger partial charge in [-0.3, -0.25) is 14.5 Å². The van der Waals surface area contributed by atoms with Crippen LogP contribution in [0.15, 0.2) is 53.4 Å².